The lowest BCUT2D eigenvalue weighted by molar-refractivity contribution is 0.0953. The number of hydrogen-bond acceptors (Lipinski definition) is 4. The van der Waals surface area contributed by atoms with Crippen molar-refractivity contribution in [1.82, 2.24) is 5.32 Å². The zero-order valence-corrected chi connectivity index (χ0v) is 15.3. The van der Waals surface area contributed by atoms with E-state index in [0.717, 1.165) is 0 Å². The normalized spacial score (nSPS) is 12.5. The van der Waals surface area contributed by atoms with Gasteiger partial charge in [0.1, 0.15) is 11.1 Å². The van der Waals surface area contributed by atoms with Crippen LogP contribution in [-0.4, -0.2) is 20.9 Å². The third-order valence-electron chi connectivity index (χ3n) is 3.86. The van der Waals surface area contributed by atoms with Crippen LogP contribution in [0.15, 0.2) is 77.0 Å². The molecule has 3 aromatic rings. The molecule has 4 nitrogen and oxygen atoms in total. The van der Waals surface area contributed by atoms with Crippen molar-refractivity contribution in [2.75, 3.05) is 6.54 Å². The standard InChI is InChI=1S/C19H16FNO3S2/c20-15-10-8-14(9-11-15)19(22)21-13-18(17-7-4-12-25-17)26(23,24)16-5-2-1-3-6-16/h1-12,18H,13H2,(H,21,22)/t18-/m0/s1. The highest BCUT2D eigenvalue weighted by molar-refractivity contribution is 7.91. The van der Waals surface area contributed by atoms with Crippen molar-refractivity contribution in [1.29, 1.82) is 0 Å². The summed E-state index contributed by atoms with van der Waals surface area (Å²) in [5.41, 5.74) is 0.272. The van der Waals surface area contributed by atoms with Gasteiger partial charge in [-0.15, -0.1) is 11.3 Å². The number of carbonyl (C=O) groups excluding carboxylic acids is 1. The molecule has 1 heterocycles. The molecule has 0 radical (unpaired) electrons. The Morgan fingerprint density at radius 2 is 1.69 bits per heavy atom. The van der Waals surface area contributed by atoms with Gasteiger partial charge in [0.25, 0.3) is 5.91 Å². The largest absolute Gasteiger partial charge is 0.350 e. The molecular weight excluding hydrogens is 373 g/mol. The quantitative estimate of drug-likeness (QED) is 0.697. The molecule has 0 aliphatic rings. The van der Waals surface area contributed by atoms with Gasteiger partial charge in [0.2, 0.25) is 0 Å². The van der Waals surface area contributed by atoms with Gasteiger partial charge in [0, 0.05) is 17.0 Å². The number of nitrogens with one attached hydrogen (secondary N) is 1. The Labute approximate surface area is 155 Å². The second-order valence-electron chi connectivity index (χ2n) is 5.58. The molecule has 1 aromatic heterocycles. The summed E-state index contributed by atoms with van der Waals surface area (Å²) in [5.74, 6) is -0.889. The van der Waals surface area contributed by atoms with E-state index in [1.807, 2.05) is 0 Å². The number of carbonyl (C=O) groups is 1. The van der Waals surface area contributed by atoms with Crippen LogP contribution in [0.25, 0.3) is 0 Å². The Bertz CT molecular complexity index is 969. The summed E-state index contributed by atoms with van der Waals surface area (Å²) < 4.78 is 39.0. The van der Waals surface area contributed by atoms with Gasteiger partial charge in [-0.1, -0.05) is 24.3 Å². The summed E-state index contributed by atoms with van der Waals surface area (Å²) in [7, 11) is -3.67. The van der Waals surface area contributed by atoms with Gasteiger partial charge >= 0.3 is 0 Å². The van der Waals surface area contributed by atoms with Crippen molar-refractivity contribution in [3.63, 3.8) is 0 Å². The fraction of sp³-hybridized carbons (Fsp3) is 0.105. The fourth-order valence-electron chi connectivity index (χ4n) is 2.50. The maximum Gasteiger partial charge on any atom is 0.251 e. The predicted octanol–water partition coefficient (Wildman–Crippen LogP) is 3.83. The molecule has 0 aliphatic carbocycles. The van der Waals surface area contributed by atoms with Crippen molar-refractivity contribution in [2.24, 2.45) is 0 Å². The van der Waals surface area contributed by atoms with Gasteiger partial charge in [-0.05, 0) is 47.8 Å². The smallest absolute Gasteiger partial charge is 0.251 e. The van der Waals surface area contributed by atoms with Crippen molar-refractivity contribution in [3.8, 4) is 0 Å². The van der Waals surface area contributed by atoms with Gasteiger partial charge in [-0.25, -0.2) is 12.8 Å². The number of benzene rings is 2. The SMILES string of the molecule is O=C(NC[C@@H](c1cccs1)S(=O)(=O)c1ccccc1)c1ccc(F)cc1. The van der Waals surface area contributed by atoms with Crippen LogP contribution in [0, 0.1) is 5.82 Å². The van der Waals surface area contributed by atoms with Crippen LogP contribution in [0.1, 0.15) is 20.5 Å². The average molecular weight is 389 g/mol. The first kappa shape index (κ1) is 18.3. The minimum Gasteiger partial charge on any atom is -0.350 e. The van der Waals surface area contributed by atoms with Crippen LogP contribution in [0.2, 0.25) is 0 Å². The number of thiophene rings is 1. The summed E-state index contributed by atoms with van der Waals surface area (Å²) in [6, 6.07) is 16.7. The Morgan fingerprint density at radius 3 is 2.31 bits per heavy atom. The predicted molar refractivity (Wildman–Crippen MR) is 99.4 cm³/mol. The number of rotatable bonds is 6. The van der Waals surface area contributed by atoms with E-state index in [9.17, 15) is 17.6 Å². The molecule has 0 spiro atoms. The number of hydrogen-bond donors (Lipinski definition) is 1. The maximum absolute atomic E-state index is 13.0. The molecule has 0 bridgehead atoms. The topological polar surface area (TPSA) is 63.2 Å². The van der Waals surface area contributed by atoms with Crippen LogP contribution in [0.4, 0.5) is 4.39 Å². The monoisotopic (exact) mass is 389 g/mol. The molecule has 0 saturated carbocycles. The lowest BCUT2D eigenvalue weighted by Crippen LogP contribution is -2.31. The van der Waals surface area contributed by atoms with E-state index in [2.05, 4.69) is 5.32 Å². The molecule has 0 fully saturated rings. The van der Waals surface area contributed by atoms with Gasteiger partial charge in [0.15, 0.2) is 9.84 Å². The first-order valence-electron chi connectivity index (χ1n) is 7.84. The Balaban J connectivity index is 1.84. The van der Waals surface area contributed by atoms with E-state index in [1.54, 1.807) is 35.7 Å². The fourth-order valence-corrected chi connectivity index (χ4v) is 5.31. The number of halogens is 1. The number of amides is 1. The summed E-state index contributed by atoms with van der Waals surface area (Å²) in [4.78, 5) is 13.1. The zero-order chi connectivity index (χ0) is 18.6. The van der Waals surface area contributed by atoms with Crippen molar-refractivity contribution < 1.29 is 17.6 Å². The molecule has 3 rings (SSSR count). The first-order chi connectivity index (χ1) is 12.5. The Morgan fingerprint density at radius 1 is 1.00 bits per heavy atom. The molecule has 1 amide bonds. The van der Waals surface area contributed by atoms with Crippen molar-refractivity contribution in [3.05, 3.63) is 88.4 Å². The Kier molecular flexibility index (Phi) is 5.49. The minimum atomic E-state index is -3.67. The molecule has 26 heavy (non-hydrogen) atoms. The van der Waals surface area contributed by atoms with Crippen LogP contribution in [-0.2, 0) is 9.84 Å². The highest BCUT2D eigenvalue weighted by Crippen LogP contribution is 2.31. The van der Waals surface area contributed by atoms with Gasteiger partial charge in [-0.2, -0.15) is 0 Å². The van der Waals surface area contributed by atoms with Crippen LogP contribution in [0.3, 0.4) is 0 Å². The molecule has 7 heteroatoms. The van der Waals surface area contributed by atoms with E-state index >= 15 is 0 Å². The lowest BCUT2D eigenvalue weighted by Gasteiger charge is -2.17. The second-order valence-corrected chi connectivity index (χ2v) is 8.69. The highest BCUT2D eigenvalue weighted by Gasteiger charge is 2.30. The third-order valence-corrected chi connectivity index (χ3v) is 7.10. The molecule has 1 atom stereocenters. The molecule has 2 aromatic carbocycles. The Hall–Kier alpha value is -2.51. The van der Waals surface area contributed by atoms with Crippen LogP contribution in [0.5, 0.6) is 0 Å². The van der Waals surface area contributed by atoms with Gasteiger partial charge in [0.05, 0.1) is 4.90 Å². The molecule has 0 unspecified atom stereocenters. The summed E-state index contributed by atoms with van der Waals surface area (Å²) in [6.07, 6.45) is 0. The van der Waals surface area contributed by atoms with Crippen LogP contribution >= 0.6 is 11.3 Å². The van der Waals surface area contributed by atoms with Gasteiger partial charge < -0.3 is 5.32 Å². The minimum absolute atomic E-state index is 0.0754. The zero-order valence-electron chi connectivity index (χ0n) is 13.6. The maximum atomic E-state index is 13.0. The summed E-state index contributed by atoms with van der Waals surface area (Å²) in [6.45, 7) is -0.0754. The summed E-state index contributed by atoms with van der Waals surface area (Å²) in [5, 5.41) is 3.55. The van der Waals surface area contributed by atoms with E-state index in [4.69, 9.17) is 0 Å². The molecular formula is C19H16FNO3S2. The third kappa shape index (κ3) is 4.00. The molecule has 134 valence electrons. The average Bonchev–Trinajstić information content (AvgIpc) is 3.17. The van der Waals surface area contributed by atoms with Crippen molar-refractivity contribution >= 4 is 27.1 Å². The van der Waals surface area contributed by atoms with E-state index < -0.39 is 26.8 Å². The summed E-state index contributed by atoms with van der Waals surface area (Å²) >= 11 is 1.32. The van der Waals surface area contributed by atoms with E-state index in [1.165, 1.54) is 47.7 Å². The van der Waals surface area contributed by atoms with E-state index in [-0.39, 0.29) is 17.0 Å². The van der Waals surface area contributed by atoms with E-state index in [0.29, 0.717) is 4.88 Å². The first-order valence-corrected chi connectivity index (χ1v) is 10.3. The molecule has 0 aliphatic heterocycles. The lowest BCUT2D eigenvalue weighted by atomic mass is 10.2. The highest BCUT2D eigenvalue weighted by atomic mass is 32.2. The second kappa shape index (κ2) is 7.80. The molecule has 1 N–H and O–H groups in total. The van der Waals surface area contributed by atoms with Crippen LogP contribution < -0.4 is 5.32 Å². The molecule has 0 saturated heterocycles. The van der Waals surface area contributed by atoms with Crippen molar-refractivity contribution in [2.45, 2.75) is 10.1 Å². The van der Waals surface area contributed by atoms with Gasteiger partial charge in [-0.3, -0.25) is 4.79 Å². The number of sulfone groups is 1.